The standard InChI is InChI=1S/C17H15FOS/c1-11-7-8-14(18)13(9-11)17(2,19)16-10-12-5-3-4-6-15(12)20-16/h3-10,19H,1-2H3. The van der Waals surface area contributed by atoms with Gasteiger partial charge in [-0.25, -0.2) is 4.39 Å². The molecule has 102 valence electrons. The van der Waals surface area contributed by atoms with Crippen LogP contribution in [-0.2, 0) is 5.60 Å². The highest BCUT2D eigenvalue weighted by Gasteiger charge is 2.30. The van der Waals surface area contributed by atoms with Gasteiger partial charge >= 0.3 is 0 Å². The average molecular weight is 286 g/mol. The van der Waals surface area contributed by atoms with Crippen LogP contribution in [0.2, 0.25) is 0 Å². The van der Waals surface area contributed by atoms with Crippen molar-refractivity contribution < 1.29 is 9.50 Å². The summed E-state index contributed by atoms with van der Waals surface area (Å²) in [4.78, 5) is 0.753. The van der Waals surface area contributed by atoms with Crippen molar-refractivity contribution in [1.29, 1.82) is 0 Å². The molecule has 0 bridgehead atoms. The van der Waals surface area contributed by atoms with E-state index in [9.17, 15) is 9.50 Å². The van der Waals surface area contributed by atoms with Crippen molar-refractivity contribution in [3.63, 3.8) is 0 Å². The first-order valence-electron chi connectivity index (χ1n) is 6.46. The van der Waals surface area contributed by atoms with E-state index in [2.05, 4.69) is 0 Å². The van der Waals surface area contributed by atoms with Gasteiger partial charge in [-0.3, -0.25) is 0 Å². The molecule has 2 aromatic carbocycles. The second-order valence-electron chi connectivity index (χ2n) is 5.20. The van der Waals surface area contributed by atoms with Crippen LogP contribution in [0.5, 0.6) is 0 Å². The predicted molar refractivity (Wildman–Crippen MR) is 81.6 cm³/mol. The number of benzene rings is 2. The van der Waals surface area contributed by atoms with Crippen LogP contribution >= 0.6 is 11.3 Å². The van der Waals surface area contributed by atoms with Gasteiger partial charge in [-0.2, -0.15) is 0 Å². The smallest absolute Gasteiger partial charge is 0.129 e. The molecule has 0 aliphatic rings. The molecular formula is C17H15FOS. The highest BCUT2D eigenvalue weighted by Crippen LogP contribution is 2.38. The molecular weight excluding hydrogens is 271 g/mol. The van der Waals surface area contributed by atoms with Gasteiger partial charge in [0, 0.05) is 15.1 Å². The van der Waals surface area contributed by atoms with Crippen molar-refractivity contribution in [3.8, 4) is 0 Å². The highest BCUT2D eigenvalue weighted by molar-refractivity contribution is 7.19. The van der Waals surface area contributed by atoms with E-state index in [-0.39, 0.29) is 5.82 Å². The molecule has 1 atom stereocenters. The molecule has 0 saturated carbocycles. The molecule has 3 heteroatoms. The predicted octanol–water partition coefficient (Wildman–Crippen LogP) is 4.60. The average Bonchev–Trinajstić information content (AvgIpc) is 2.86. The van der Waals surface area contributed by atoms with Crippen molar-refractivity contribution in [2.24, 2.45) is 0 Å². The van der Waals surface area contributed by atoms with Crippen LogP contribution in [0.25, 0.3) is 10.1 Å². The van der Waals surface area contributed by atoms with Crippen LogP contribution < -0.4 is 0 Å². The molecule has 0 saturated heterocycles. The number of aliphatic hydroxyl groups is 1. The maximum absolute atomic E-state index is 14.1. The zero-order valence-electron chi connectivity index (χ0n) is 11.4. The van der Waals surface area contributed by atoms with Crippen molar-refractivity contribution in [2.75, 3.05) is 0 Å². The molecule has 1 N–H and O–H groups in total. The SMILES string of the molecule is Cc1ccc(F)c(C(C)(O)c2cc3ccccc3s2)c1. The lowest BCUT2D eigenvalue weighted by Gasteiger charge is -2.23. The lowest BCUT2D eigenvalue weighted by Crippen LogP contribution is -2.23. The molecule has 0 aliphatic carbocycles. The summed E-state index contributed by atoms with van der Waals surface area (Å²) < 4.78 is 15.1. The number of thiophene rings is 1. The second kappa shape index (κ2) is 4.69. The fourth-order valence-corrected chi connectivity index (χ4v) is 3.49. The van der Waals surface area contributed by atoms with E-state index in [1.807, 2.05) is 37.3 Å². The quantitative estimate of drug-likeness (QED) is 0.729. The summed E-state index contributed by atoms with van der Waals surface area (Å²) in [6.07, 6.45) is 0. The molecule has 1 heterocycles. The molecule has 0 radical (unpaired) electrons. The minimum Gasteiger partial charge on any atom is -0.380 e. The first kappa shape index (κ1) is 13.3. The first-order valence-corrected chi connectivity index (χ1v) is 7.28. The fraction of sp³-hybridized carbons (Fsp3) is 0.176. The maximum Gasteiger partial charge on any atom is 0.129 e. The third kappa shape index (κ3) is 2.13. The second-order valence-corrected chi connectivity index (χ2v) is 6.29. The Balaban J connectivity index is 2.17. The van der Waals surface area contributed by atoms with Crippen LogP contribution in [0.15, 0.2) is 48.5 Å². The number of aryl methyl sites for hydroxylation is 1. The Kier molecular flexibility index (Phi) is 3.11. The molecule has 1 unspecified atom stereocenters. The van der Waals surface area contributed by atoms with E-state index in [0.717, 1.165) is 20.5 Å². The minimum atomic E-state index is -1.32. The Hall–Kier alpha value is -1.71. The van der Waals surface area contributed by atoms with Gasteiger partial charge in [0.15, 0.2) is 0 Å². The van der Waals surface area contributed by atoms with E-state index in [0.29, 0.717) is 5.56 Å². The third-order valence-corrected chi connectivity index (χ3v) is 4.88. The Morgan fingerprint density at radius 2 is 1.85 bits per heavy atom. The largest absolute Gasteiger partial charge is 0.380 e. The summed E-state index contributed by atoms with van der Waals surface area (Å²) in [5, 5.41) is 11.9. The summed E-state index contributed by atoms with van der Waals surface area (Å²) in [6.45, 7) is 3.54. The molecule has 3 aromatic rings. The minimum absolute atomic E-state index is 0.323. The van der Waals surface area contributed by atoms with Gasteiger partial charge in [0.25, 0.3) is 0 Å². The highest BCUT2D eigenvalue weighted by atomic mass is 32.1. The van der Waals surface area contributed by atoms with Crippen LogP contribution in [0.1, 0.15) is 22.9 Å². The lowest BCUT2D eigenvalue weighted by molar-refractivity contribution is 0.102. The normalized spacial score (nSPS) is 14.4. The van der Waals surface area contributed by atoms with E-state index < -0.39 is 5.60 Å². The van der Waals surface area contributed by atoms with Crippen molar-refractivity contribution in [2.45, 2.75) is 19.4 Å². The summed E-state index contributed by atoms with van der Waals surface area (Å²) >= 11 is 1.50. The summed E-state index contributed by atoms with van der Waals surface area (Å²) in [5.74, 6) is -0.377. The number of rotatable bonds is 2. The fourth-order valence-electron chi connectivity index (χ4n) is 2.37. The molecule has 0 spiro atoms. The Morgan fingerprint density at radius 1 is 1.10 bits per heavy atom. The molecule has 20 heavy (non-hydrogen) atoms. The van der Waals surface area contributed by atoms with Crippen molar-refractivity contribution in [3.05, 3.63) is 70.4 Å². The van der Waals surface area contributed by atoms with E-state index in [4.69, 9.17) is 0 Å². The zero-order valence-corrected chi connectivity index (χ0v) is 12.2. The monoisotopic (exact) mass is 286 g/mol. The number of halogens is 1. The Labute approximate surface area is 121 Å². The first-order chi connectivity index (χ1) is 9.48. The van der Waals surface area contributed by atoms with Gasteiger partial charge in [0.1, 0.15) is 11.4 Å². The van der Waals surface area contributed by atoms with Gasteiger partial charge in [0.2, 0.25) is 0 Å². The van der Waals surface area contributed by atoms with E-state index in [1.54, 1.807) is 19.1 Å². The number of hydrogen-bond donors (Lipinski definition) is 1. The van der Waals surface area contributed by atoms with Crippen LogP contribution in [0.4, 0.5) is 4.39 Å². The van der Waals surface area contributed by atoms with Gasteiger partial charge in [-0.05, 0) is 43.5 Å². The Morgan fingerprint density at radius 3 is 2.60 bits per heavy atom. The molecule has 0 amide bonds. The molecule has 1 nitrogen and oxygen atoms in total. The van der Waals surface area contributed by atoms with Gasteiger partial charge in [-0.15, -0.1) is 11.3 Å². The lowest BCUT2D eigenvalue weighted by atomic mass is 9.92. The van der Waals surface area contributed by atoms with Crippen molar-refractivity contribution in [1.82, 2.24) is 0 Å². The summed E-state index contributed by atoms with van der Waals surface area (Å²) in [7, 11) is 0. The van der Waals surface area contributed by atoms with Crippen molar-refractivity contribution >= 4 is 21.4 Å². The van der Waals surface area contributed by atoms with Crippen LogP contribution in [0.3, 0.4) is 0 Å². The van der Waals surface area contributed by atoms with E-state index in [1.165, 1.54) is 17.4 Å². The molecule has 3 rings (SSSR count). The van der Waals surface area contributed by atoms with Crippen LogP contribution in [0, 0.1) is 12.7 Å². The summed E-state index contributed by atoms with van der Waals surface area (Å²) in [6, 6.07) is 14.7. The zero-order chi connectivity index (χ0) is 14.3. The van der Waals surface area contributed by atoms with Gasteiger partial charge in [-0.1, -0.05) is 29.8 Å². The van der Waals surface area contributed by atoms with E-state index >= 15 is 0 Å². The number of hydrogen-bond acceptors (Lipinski definition) is 2. The summed E-state index contributed by atoms with van der Waals surface area (Å²) in [5.41, 5.74) is -0.0633. The van der Waals surface area contributed by atoms with Crippen LogP contribution in [-0.4, -0.2) is 5.11 Å². The topological polar surface area (TPSA) is 20.2 Å². The molecule has 1 aromatic heterocycles. The molecule has 0 aliphatic heterocycles. The number of fused-ring (bicyclic) bond motifs is 1. The molecule has 0 fully saturated rings. The maximum atomic E-state index is 14.1. The third-order valence-electron chi connectivity index (χ3n) is 3.55. The van der Waals surface area contributed by atoms with Gasteiger partial charge < -0.3 is 5.11 Å². The van der Waals surface area contributed by atoms with Gasteiger partial charge in [0.05, 0.1) is 0 Å². The Bertz CT molecular complexity index is 741.